The van der Waals surface area contributed by atoms with Crippen LogP contribution in [0.5, 0.6) is 0 Å². The van der Waals surface area contributed by atoms with Gasteiger partial charge in [0.2, 0.25) is 11.8 Å². The molecule has 0 spiro atoms. The van der Waals surface area contributed by atoms with Crippen molar-refractivity contribution < 1.29 is 9.59 Å². The highest BCUT2D eigenvalue weighted by molar-refractivity contribution is 6.34. The summed E-state index contributed by atoms with van der Waals surface area (Å²) < 4.78 is 0. The van der Waals surface area contributed by atoms with Gasteiger partial charge < -0.3 is 10.2 Å². The number of carbonyl (C=O) groups excluding carboxylic acids is 2. The topological polar surface area (TPSA) is 62.3 Å². The molecule has 7 heteroatoms. The summed E-state index contributed by atoms with van der Waals surface area (Å²) in [5.41, 5.74) is 0.624. The van der Waals surface area contributed by atoms with E-state index in [-0.39, 0.29) is 18.2 Å². The van der Waals surface area contributed by atoms with Gasteiger partial charge in [0.05, 0.1) is 21.7 Å². The summed E-state index contributed by atoms with van der Waals surface area (Å²) in [6.45, 7) is 0.294. The number of anilines is 2. The van der Waals surface area contributed by atoms with Gasteiger partial charge in [-0.05, 0) is 24.3 Å². The standard InChI is InChI=1S/C16H13Cl2N3O2/c17-11-5-6-14(19-8-11)20-16(23)10-7-15(22)21(9-10)13-4-2-1-3-12(13)18/h1-6,8,10H,7,9H2,(H,19,20,23)/t10-/m0/s1. The first-order valence-corrected chi connectivity index (χ1v) is 7.77. The molecule has 1 fully saturated rings. The molecule has 0 bridgehead atoms. The average molecular weight is 350 g/mol. The summed E-state index contributed by atoms with van der Waals surface area (Å²) in [4.78, 5) is 30.1. The van der Waals surface area contributed by atoms with Gasteiger partial charge in [-0.25, -0.2) is 4.98 Å². The lowest BCUT2D eigenvalue weighted by atomic mass is 10.1. The molecular formula is C16H13Cl2N3O2. The second kappa shape index (κ2) is 6.56. The van der Waals surface area contributed by atoms with Crippen LogP contribution < -0.4 is 10.2 Å². The molecule has 0 unspecified atom stereocenters. The molecule has 0 radical (unpaired) electrons. The molecule has 1 saturated heterocycles. The normalized spacial score (nSPS) is 17.4. The van der Waals surface area contributed by atoms with Crippen LogP contribution in [-0.2, 0) is 9.59 Å². The molecule has 2 aromatic rings. The highest BCUT2D eigenvalue weighted by Crippen LogP contribution is 2.31. The highest BCUT2D eigenvalue weighted by atomic mass is 35.5. The fourth-order valence-electron chi connectivity index (χ4n) is 2.46. The zero-order valence-corrected chi connectivity index (χ0v) is 13.5. The Morgan fingerprint density at radius 1 is 1.22 bits per heavy atom. The Hall–Kier alpha value is -2.11. The summed E-state index contributed by atoms with van der Waals surface area (Å²) >= 11 is 11.9. The summed E-state index contributed by atoms with van der Waals surface area (Å²) in [6.07, 6.45) is 1.59. The van der Waals surface area contributed by atoms with E-state index in [4.69, 9.17) is 23.2 Å². The van der Waals surface area contributed by atoms with E-state index in [9.17, 15) is 9.59 Å². The summed E-state index contributed by atoms with van der Waals surface area (Å²) in [6, 6.07) is 10.3. The molecule has 1 N–H and O–H groups in total. The summed E-state index contributed by atoms with van der Waals surface area (Å²) in [5.74, 6) is -0.413. The largest absolute Gasteiger partial charge is 0.310 e. The Labute approximate surface area is 143 Å². The zero-order chi connectivity index (χ0) is 16.4. The lowest BCUT2D eigenvalue weighted by Gasteiger charge is -2.17. The lowest BCUT2D eigenvalue weighted by Crippen LogP contribution is -2.28. The van der Waals surface area contributed by atoms with Gasteiger partial charge in [-0.1, -0.05) is 35.3 Å². The lowest BCUT2D eigenvalue weighted by molar-refractivity contribution is -0.122. The molecular weight excluding hydrogens is 337 g/mol. The molecule has 118 valence electrons. The molecule has 1 aromatic heterocycles. The molecule has 2 amide bonds. The van der Waals surface area contributed by atoms with Gasteiger partial charge in [0, 0.05) is 19.2 Å². The predicted octanol–water partition coefficient (Wildman–Crippen LogP) is 3.38. The quantitative estimate of drug-likeness (QED) is 0.923. The number of nitrogens with zero attached hydrogens (tertiary/aromatic N) is 2. The first-order chi connectivity index (χ1) is 11.0. The number of rotatable bonds is 3. The molecule has 1 aliphatic rings. The van der Waals surface area contributed by atoms with Crippen LogP contribution in [0.25, 0.3) is 0 Å². The Kier molecular flexibility index (Phi) is 4.50. The second-order valence-corrected chi connectivity index (χ2v) is 6.05. The summed E-state index contributed by atoms with van der Waals surface area (Å²) in [5, 5.41) is 3.67. The number of benzene rings is 1. The molecule has 1 aliphatic heterocycles. The monoisotopic (exact) mass is 349 g/mol. The van der Waals surface area contributed by atoms with Crippen LogP contribution in [0, 0.1) is 5.92 Å². The first-order valence-electron chi connectivity index (χ1n) is 7.02. The van der Waals surface area contributed by atoms with E-state index in [1.54, 1.807) is 41.3 Å². The minimum absolute atomic E-state index is 0.123. The van der Waals surface area contributed by atoms with E-state index in [2.05, 4.69) is 10.3 Å². The molecule has 23 heavy (non-hydrogen) atoms. The number of aromatic nitrogens is 1. The third-order valence-electron chi connectivity index (χ3n) is 3.62. The number of halogens is 2. The van der Waals surface area contributed by atoms with Gasteiger partial charge in [0.1, 0.15) is 5.82 Å². The molecule has 1 atom stereocenters. The van der Waals surface area contributed by atoms with Crippen molar-refractivity contribution in [3.63, 3.8) is 0 Å². The third-order valence-corrected chi connectivity index (χ3v) is 4.16. The molecule has 0 aliphatic carbocycles. The Morgan fingerprint density at radius 3 is 2.70 bits per heavy atom. The van der Waals surface area contributed by atoms with Crippen molar-refractivity contribution in [2.75, 3.05) is 16.8 Å². The van der Waals surface area contributed by atoms with Crippen molar-refractivity contribution in [3.8, 4) is 0 Å². The van der Waals surface area contributed by atoms with Crippen LogP contribution in [0.4, 0.5) is 11.5 Å². The molecule has 0 saturated carbocycles. The number of pyridine rings is 1. The zero-order valence-electron chi connectivity index (χ0n) is 12.0. The van der Waals surface area contributed by atoms with Crippen molar-refractivity contribution in [2.45, 2.75) is 6.42 Å². The van der Waals surface area contributed by atoms with Crippen LogP contribution in [0.1, 0.15) is 6.42 Å². The van der Waals surface area contributed by atoms with Crippen molar-refractivity contribution in [3.05, 3.63) is 52.6 Å². The minimum Gasteiger partial charge on any atom is -0.310 e. The van der Waals surface area contributed by atoms with Gasteiger partial charge in [0.25, 0.3) is 0 Å². The summed E-state index contributed by atoms with van der Waals surface area (Å²) in [7, 11) is 0. The first kappa shape index (κ1) is 15.8. The van der Waals surface area contributed by atoms with Gasteiger partial charge in [-0.15, -0.1) is 0 Å². The molecule has 3 rings (SSSR count). The maximum atomic E-state index is 12.3. The number of amides is 2. The van der Waals surface area contributed by atoms with E-state index < -0.39 is 5.92 Å². The van der Waals surface area contributed by atoms with Crippen LogP contribution in [-0.4, -0.2) is 23.3 Å². The fourth-order valence-corrected chi connectivity index (χ4v) is 2.81. The highest BCUT2D eigenvalue weighted by Gasteiger charge is 2.35. The number of nitrogens with one attached hydrogen (secondary N) is 1. The van der Waals surface area contributed by atoms with Gasteiger partial charge in [-0.3, -0.25) is 9.59 Å². The van der Waals surface area contributed by atoms with E-state index in [1.807, 2.05) is 0 Å². The average Bonchev–Trinajstić information content (AvgIpc) is 2.92. The minimum atomic E-state index is -0.448. The second-order valence-electron chi connectivity index (χ2n) is 5.21. The fraction of sp³-hybridized carbons (Fsp3) is 0.188. The Balaban J connectivity index is 1.71. The van der Waals surface area contributed by atoms with Crippen molar-refractivity contribution in [1.82, 2.24) is 4.98 Å². The van der Waals surface area contributed by atoms with Crippen LogP contribution in [0.2, 0.25) is 10.0 Å². The van der Waals surface area contributed by atoms with Crippen LogP contribution in [0.3, 0.4) is 0 Å². The molecule has 2 heterocycles. The predicted molar refractivity (Wildman–Crippen MR) is 89.8 cm³/mol. The number of hydrogen-bond donors (Lipinski definition) is 1. The third kappa shape index (κ3) is 3.46. The van der Waals surface area contributed by atoms with E-state index in [0.29, 0.717) is 28.1 Å². The van der Waals surface area contributed by atoms with Crippen molar-refractivity contribution in [1.29, 1.82) is 0 Å². The molecule has 5 nitrogen and oxygen atoms in total. The van der Waals surface area contributed by atoms with Crippen molar-refractivity contribution >= 4 is 46.5 Å². The van der Waals surface area contributed by atoms with E-state index in [0.717, 1.165) is 0 Å². The Morgan fingerprint density at radius 2 is 2.00 bits per heavy atom. The maximum absolute atomic E-state index is 12.3. The van der Waals surface area contributed by atoms with Crippen LogP contribution in [0.15, 0.2) is 42.6 Å². The van der Waals surface area contributed by atoms with Crippen LogP contribution >= 0.6 is 23.2 Å². The maximum Gasteiger partial charge on any atom is 0.230 e. The number of para-hydroxylation sites is 1. The molecule has 1 aromatic carbocycles. The SMILES string of the molecule is O=C(Nc1ccc(Cl)cn1)[C@H]1CC(=O)N(c2ccccc2Cl)C1. The van der Waals surface area contributed by atoms with E-state index in [1.165, 1.54) is 6.20 Å². The van der Waals surface area contributed by atoms with Crippen molar-refractivity contribution in [2.24, 2.45) is 5.92 Å². The van der Waals surface area contributed by atoms with Gasteiger partial charge in [-0.2, -0.15) is 0 Å². The smallest absolute Gasteiger partial charge is 0.230 e. The van der Waals surface area contributed by atoms with Gasteiger partial charge in [0.15, 0.2) is 0 Å². The van der Waals surface area contributed by atoms with Gasteiger partial charge >= 0.3 is 0 Å². The Bertz CT molecular complexity index is 749. The number of carbonyl (C=O) groups is 2. The number of hydrogen-bond acceptors (Lipinski definition) is 3. The van der Waals surface area contributed by atoms with E-state index >= 15 is 0 Å².